The molecule has 5 heteroatoms. The highest BCUT2D eigenvalue weighted by molar-refractivity contribution is 6.35. The van der Waals surface area contributed by atoms with Crippen molar-refractivity contribution in [2.45, 2.75) is 5.92 Å². The maximum absolute atomic E-state index is 9.50. The fraction of sp³-hybridized carbons (Fsp3) is 0.200. The highest BCUT2D eigenvalue weighted by atomic mass is 35.5. The van der Waals surface area contributed by atoms with Gasteiger partial charge in [-0.15, -0.1) is 0 Å². The van der Waals surface area contributed by atoms with E-state index >= 15 is 0 Å². The van der Waals surface area contributed by atoms with Crippen LogP contribution in [0, 0.1) is 0 Å². The number of halogens is 3. The van der Waals surface area contributed by atoms with Gasteiger partial charge in [0, 0.05) is 21.0 Å². The molecule has 0 aliphatic heterocycles. The molecule has 106 valence electrons. The summed E-state index contributed by atoms with van der Waals surface area (Å²) >= 11 is 17.8. The molecule has 1 N–H and O–H groups in total. The summed E-state index contributed by atoms with van der Waals surface area (Å²) in [6.07, 6.45) is 0. The third kappa shape index (κ3) is 4.03. The van der Waals surface area contributed by atoms with Crippen molar-refractivity contribution < 1.29 is 9.84 Å². The first-order chi connectivity index (χ1) is 9.60. The Morgan fingerprint density at radius 1 is 0.950 bits per heavy atom. The van der Waals surface area contributed by atoms with Crippen LogP contribution in [0.2, 0.25) is 15.1 Å². The van der Waals surface area contributed by atoms with E-state index in [4.69, 9.17) is 39.5 Å². The van der Waals surface area contributed by atoms with E-state index in [-0.39, 0.29) is 12.5 Å². The number of aliphatic hydroxyl groups excluding tert-OH is 1. The van der Waals surface area contributed by atoms with Gasteiger partial charge in [-0.1, -0.05) is 40.9 Å². The molecule has 2 rings (SSSR count). The van der Waals surface area contributed by atoms with Crippen molar-refractivity contribution in [3.8, 4) is 5.75 Å². The lowest BCUT2D eigenvalue weighted by Gasteiger charge is -2.17. The fourth-order valence-electron chi connectivity index (χ4n) is 1.80. The third-order valence-corrected chi connectivity index (χ3v) is 3.70. The van der Waals surface area contributed by atoms with Gasteiger partial charge < -0.3 is 9.84 Å². The summed E-state index contributed by atoms with van der Waals surface area (Å²) in [5, 5.41) is 11.2. The molecule has 0 aliphatic carbocycles. The standard InChI is InChI=1S/C15H13Cl3O2/c16-11-1-4-13(5-2-11)20-9-10(8-19)14-6-3-12(17)7-15(14)18/h1-7,10,19H,8-9H2/t10-/m0/s1. The number of ether oxygens (including phenoxy) is 1. The van der Waals surface area contributed by atoms with Gasteiger partial charge in [-0.3, -0.25) is 0 Å². The van der Waals surface area contributed by atoms with Crippen LogP contribution in [0.25, 0.3) is 0 Å². The summed E-state index contributed by atoms with van der Waals surface area (Å²) in [5.41, 5.74) is 0.813. The zero-order chi connectivity index (χ0) is 14.5. The monoisotopic (exact) mass is 330 g/mol. The van der Waals surface area contributed by atoms with Crippen LogP contribution in [0.5, 0.6) is 5.75 Å². The quantitative estimate of drug-likeness (QED) is 0.852. The van der Waals surface area contributed by atoms with E-state index in [1.165, 1.54) is 0 Å². The van der Waals surface area contributed by atoms with Gasteiger partial charge in [-0.05, 0) is 42.0 Å². The van der Waals surface area contributed by atoms with Crippen LogP contribution in [0.3, 0.4) is 0 Å². The zero-order valence-corrected chi connectivity index (χ0v) is 12.8. The Labute approximate surface area is 132 Å². The second-order valence-corrected chi connectivity index (χ2v) is 5.59. The molecule has 0 bridgehead atoms. The highest BCUT2D eigenvalue weighted by Crippen LogP contribution is 2.28. The predicted octanol–water partition coefficient (Wildman–Crippen LogP) is 4.80. The SMILES string of the molecule is OC[C@@H](COc1ccc(Cl)cc1)c1ccc(Cl)cc1Cl. The Morgan fingerprint density at radius 3 is 2.20 bits per heavy atom. The molecule has 0 radical (unpaired) electrons. The maximum atomic E-state index is 9.50. The van der Waals surface area contributed by atoms with Crippen LogP contribution in [-0.2, 0) is 0 Å². The van der Waals surface area contributed by atoms with Crippen LogP contribution in [0.15, 0.2) is 42.5 Å². The van der Waals surface area contributed by atoms with Crippen molar-refractivity contribution in [3.05, 3.63) is 63.1 Å². The molecule has 0 fully saturated rings. The van der Waals surface area contributed by atoms with Gasteiger partial charge in [0.2, 0.25) is 0 Å². The Kier molecular flexibility index (Phi) is 5.55. The first-order valence-corrected chi connectivity index (χ1v) is 7.17. The lowest BCUT2D eigenvalue weighted by Crippen LogP contribution is -2.14. The van der Waals surface area contributed by atoms with E-state index < -0.39 is 0 Å². The predicted molar refractivity (Wildman–Crippen MR) is 83.2 cm³/mol. The second kappa shape index (κ2) is 7.19. The molecular weight excluding hydrogens is 319 g/mol. The van der Waals surface area contributed by atoms with Crippen LogP contribution in [0.1, 0.15) is 11.5 Å². The summed E-state index contributed by atoms with van der Waals surface area (Å²) < 4.78 is 5.64. The molecule has 0 spiro atoms. The summed E-state index contributed by atoms with van der Waals surface area (Å²) in [6, 6.07) is 12.3. The molecule has 0 aromatic heterocycles. The van der Waals surface area contributed by atoms with E-state index in [0.29, 0.717) is 27.4 Å². The lowest BCUT2D eigenvalue weighted by molar-refractivity contribution is 0.205. The van der Waals surface area contributed by atoms with Gasteiger partial charge in [0.25, 0.3) is 0 Å². The van der Waals surface area contributed by atoms with Crippen LogP contribution in [0.4, 0.5) is 0 Å². The minimum atomic E-state index is -0.213. The molecule has 2 nitrogen and oxygen atoms in total. The maximum Gasteiger partial charge on any atom is 0.119 e. The molecule has 2 aromatic rings. The fourth-order valence-corrected chi connectivity index (χ4v) is 2.49. The highest BCUT2D eigenvalue weighted by Gasteiger charge is 2.15. The van der Waals surface area contributed by atoms with E-state index in [1.54, 1.807) is 42.5 Å². The number of benzene rings is 2. The average molecular weight is 332 g/mol. The Balaban J connectivity index is 2.07. The first kappa shape index (κ1) is 15.5. The average Bonchev–Trinajstić information content (AvgIpc) is 2.43. The van der Waals surface area contributed by atoms with Crippen LogP contribution >= 0.6 is 34.8 Å². The van der Waals surface area contributed by atoms with E-state index in [2.05, 4.69) is 0 Å². The van der Waals surface area contributed by atoms with Crippen LogP contribution in [-0.4, -0.2) is 18.3 Å². The van der Waals surface area contributed by atoms with Crippen LogP contribution < -0.4 is 4.74 Å². The van der Waals surface area contributed by atoms with Gasteiger partial charge in [0.05, 0.1) is 13.2 Å². The Bertz CT molecular complexity index is 570. The van der Waals surface area contributed by atoms with Crippen molar-refractivity contribution in [1.29, 1.82) is 0 Å². The summed E-state index contributed by atoms with van der Waals surface area (Å²) in [5.74, 6) is 0.480. The van der Waals surface area contributed by atoms with Crippen molar-refractivity contribution in [2.75, 3.05) is 13.2 Å². The first-order valence-electron chi connectivity index (χ1n) is 6.04. The topological polar surface area (TPSA) is 29.5 Å². The molecule has 0 unspecified atom stereocenters. The third-order valence-electron chi connectivity index (χ3n) is 2.89. The molecule has 0 aliphatic rings. The molecule has 0 heterocycles. The summed E-state index contributed by atoms with van der Waals surface area (Å²) in [6.45, 7) is 0.258. The number of hydrogen-bond acceptors (Lipinski definition) is 2. The van der Waals surface area contributed by atoms with Gasteiger partial charge in [0.15, 0.2) is 0 Å². The van der Waals surface area contributed by atoms with Gasteiger partial charge in [0.1, 0.15) is 5.75 Å². The Morgan fingerprint density at radius 2 is 1.60 bits per heavy atom. The van der Waals surface area contributed by atoms with Crippen molar-refractivity contribution in [1.82, 2.24) is 0 Å². The molecule has 0 saturated carbocycles. The zero-order valence-electron chi connectivity index (χ0n) is 10.5. The largest absolute Gasteiger partial charge is 0.493 e. The minimum Gasteiger partial charge on any atom is -0.493 e. The summed E-state index contributed by atoms with van der Waals surface area (Å²) in [4.78, 5) is 0. The van der Waals surface area contributed by atoms with Crippen molar-refractivity contribution >= 4 is 34.8 Å². The number of hydrogen-bond donors (Lipinski definition) is 1. The lowest BCUT2D eigenvalue weighted by atomic mass is 10.0. The van der Waals surface area contributed by atoms with Gasteiger partial charge in [-0.25, -0.2) is 0 Å². The van der Waals surface area contributed by atoms with Crippen molar-refractivity contribution in [3.63, 3.8) is 0 Å². The molecule has 2 aromatic carbocycles. The van der Waals surface area contributed by atoms with Gasteiger partial charge in [-0.2, -0.15) is 0 Å². The summed E-state index contributed by atoms with van der Waals surface area (Å²) in [7, 11) is 0. The smallest absolute Gasteiger partial charge is 0.119 e. The molecule has 0 saturated heterocycles. The normalized spacial score (nSPS) is 12.2. The van der Waals surface area contributed by atoms with E-state index in [1.807, 2.05) is 0 Å². The van der Waals surface area contributed by atoms with Gasteiger partial charge >= 0.3 is 0 Å². The van der Waals surface area contributed by atoms with E-state index in [0.717, 1.165) is 5.56 Å². The second-order valence-electron chi connectivity index (χ2n) is 4.31. The molecule has 20 heavy (non-hydrogen) atoms. The Hall–Kier alpha value is -0.930. The molecule has 1 atom stereocenters. The van der Waals surface area contributed by atoms with E-state index in [9.17, 15) is 5.11 Å². The molecule has 0 amide bonds. The number of rotatable bonds is 5. The number of aliphatic hydroxyl groups is 1. The molecular formula is C15H13Cl3O2. The minimum absolute atomic E-state index is 0.0606. The van der Waals surface area contributed by atoms with Crippen molar-refractivity contribution in [2.24, 2.45) is 0 Å².